The lowest BCUT2D eigenvalue weighted by Gasteiger charge is -2.27. The minimum atomic E-state index is -0.594. The van der Waals surface area contributed by atoms with Gasteiger partial charge in [-0.3, -0.25) is 4.79 Å². The largest absolute Gasteiger partial charge is 0.494 e. The van der Waals surface area contributed by atoms with Gasteiger partial charge in [0.05, 0.1) is 28.8 Å². The fourth-order valence-corrected chi connectivity index (χ4v) is 4.57. The number of primary amides is 1. The van der Waals surface area contributed by atoms with Crippen molar-refractivity contribution >= 4 is 35.2 Å². The average Bonchev–Trinajstić information content (AvgIpc) is 2.84. The van der Waals surface area contributed by atoms with Crippen LogP contribution in [-0.4, -0.2) is 49.2 Å². The Morgan fingerprint density at radius 2 is 2.06 bits per heavy atom. The summed E-state index contributed by atoms with van der Waals surface area (Å²) in [7, 11) is 1.41. The molecule has 0 unspecified atom stereocenters. The van der Waals surface area contributed by atoms with E-state index in [4.69, 9.17) is 26.8 Å². The fourth-order valence-electron chi connectivity index (χ4n) is 3.37. The van der Waals surface area contributed by atoms with Gasteiger partial charge < -0.3 is 25.4 Å². The van der Waals surface area contributed by atoms with E-state index in [9.17, 15) is 9.18 Å². The molecule has 0 atom stereocenters. The first-order valence-corrected chi connectivity index (χ1v) is 11.7. The highest BCUT2D eigenvalue weighted by atomic mass is 35.5. The van der Waals surface area contributed by atoms with Crippen molar-refractivity contribution in [1.29, 1.82) is 0 Å². The number of aromatic nitrogens is 2. The number of hydrogen-bond donors (Lipinski definition) is 2. The van der Waals surface area contributed by atoms with Gasteiger partial charge in [-0.05, 0) is 35.9 Å². The number of piperazine rings is 1. The molecule has 0 radical (unpaired) electrons. The molecular weight excluding hydrogens is 481 g/mol. The third-order valence-electron chi connectivity index (χ3n) is 5.13. The van der Waals surface area contributed by atoms with Crippen LogP contribution in [0.2, 0.25) is 5.02 Å². The number of methoxy groups -OCH3 is 1. The number of rotatable bonds is 8. The maximum absolute atomic E-state index is 13.8. The molecule has 0 bridgehead atoms. The summed E-state index contributed by atoms with van der Waals surface area (Å²) in [4.78, 5) is 24.2. The maximum atomic E-state index is 13.8. The molecule has 1 aliphatic heterocycles. The summed E-state index contributed by atoms with van der Waals surface area (Å²) < 4.78 is 24.9. The topological polar surface area (TPSA) is 103 Å². The van der Waals surface area contributed by atoms with E-state index in [0.29, 0.717) is 16.7 Å². The van der Waals surface area contributed by atoms with E-state index in [1.54, 1.807) is 36.5 Å². The quantitative estimate of drug-likeness (QED) is 0.481. The predicted octanol–water partition coefficient (Wildman–Crippen LogP) is 3.52. The predicted molar refractivity (Wildman–Crippen MR) is 128 cm³/mol. The van der Waals surface area contributed by atoms with E-state index in [2.05, 4.69) is 20.2 Å². The van der Waals surface area contributed by atoms with Crippen molar-refractivity contribution in [2.75, 3.05) is 38.2 Å². The van der Waals surface area contributed by atoms with Crippen molar-refractivity contribution in [3.63, 3.8) is 0 Å². The summed E-state index contributed by atoms with van der Waals surface area (Å²) in [6.45, 7) is 3.41. The van der Waals surface area contributed by atoms with Gasteiger partial charge in [0.1, 0.15) is 6.61 Å². The second kappa shape index (κ2) is 10.9. The smallest absolute Gasteiger partial charge is 0.250 e. The van der Waals surface area contributed by atoms with Crippen molar-refractivity contribution in [2.24, 2.45) is 5.73 Å². The molecule has 1 aromatic heterocycles. The second-order valence-corrected chi connectivity index (χ2v) is 8.96. The third kappa shape index (κ3) is 5.69. The van der Waals surface area contributed by atoms with Crippen LogP contribution < -0.4 is 25.4 Å². The molecule has 1 aliphatic rings. The zero-order chi connectivity index (χ0) is 24.1. The molecule has 3 aromatic rings. The Bertz CT molecular complexity index is 1190. The number of carbonyl (C=O) groups excluding carboxylic acids is 1. The van der Waals surface area contributed by atoms with Crippen molar-refractivity contribution in [1.82, 2.24) is 15.3 Å². The molecule has 2 aromatic carbocycles. The summed E-state index contributed by atoms with van der Waals surface area (Å²) >= 11 is 7.56. The van der Waals surface area contributed by atoms with Gasteiger partial charge in [-0.2, -0.15) is 4.98 Å². The molecule has 3 N–H and O–H groups in total. The Morgan fingerprint density at radius 3 is 2.76 bits per heavy atom. The highest BCUT2D eigenvalue weighted by molar-refractivity contribution is 7.99. The summed E-state index contributed by atoms with van der Waals surface area (Å²) in [6.07, 6.45) is 1.70. The molecule has 0 spiro atoms. The van der Waals surface area contributed by atoms with Gasteiger partial charge in [-0.15, -0.1) is 0 Å². The lowest BCUT2D eigenvalue weighted by molar-refractivity contribution is 0.100. The number of halogens is 2. The first-order chi connectivity index (χ1) is 16.4. The number of benzene rings is 2. The highest BCUT2D eigenvalue weighted by Gasteiger charge is 2.18. The molecule has 8 nitrogen and oxygen atoms in total. The summed E-state index contributed by atoms with van der Waals surface area (Å²) in [5.41, 5.74) is 6.32. The van der Waals surface area contributed by atoms with E-state index < -0.39 is 11.7 Å². The Balaban J connectivity index is 1.61. The Kier molecular flexibility index (Phi) is 7.71. The van der Waals surface area contributed by atoms with Gasteiger partial charge in [0.25, 0.3) is 0 Å². The number of nitrogens with one attached hydrogen (secondary N) is 1. The first kappa shape index (κ1) is 24.1. The van der Waals surface area contributed by atoms with E-state index in [0.717, 1.165) is 36.6 Å². The monoisotopic (exact) mass is 503 g/mol. The van der Waals surface area contributed by atoms with Crippen LogP contribution in [0.4, 0.5) is 10.3 Å². The lowest BCUT2D eigenvalue weighted by atomic mass is 10.2. The van der Waals surface area contributed by atoms with Gasteiger partial charge in [-0.25, -0.2) is 9.37 Å². The molecule has 0 saturated carbocycles. The van der Waals surface area contributed by atoms with Crippen molar-refractivity contribution in [2.45, 2.75) is 16.4 Å². The lowest BCUT2D eigenvalue weighted by Crippen LogP contribution is -2.44. The maximum Gasteiger partial charge on any atom is 0.250 e. The summed E-state index contributed by atoms with van der Waals surface area (Å²) in [5, 5.41) is 3.56. The molecule has 34 heavy (non-hydrogen) atoms. The van der Waals surface area contributed by atoms with Crippen LogP contribution in [0, 0.1) is 5.82 Å². The molecular formula is C23H23ClFN5O3S. The number of ether oxygens (including phenoxy) is 2. The second-order valence-electron chi connectivity index (χ2n) is 7.44. The van der Waals surface area contributed by atoms with Gasteiger partial charge >= 0.3 is 0 Å². The normalized spacial score (nSPS) is 13.6. The van der Waals surface area contributed by atoms with Crippen LogP contribution in [-0.2, 0) is 6.61 Å². The van der Waals surface area contributed by atoms with Gasteiger partial charge in [0.2, 0.25) is 17.7 Å². The Morgan fingerprint density at radius 1 is 1.26 bits per heavy atom. The van der Waals surface area contributed by atoms with Crippen molar-refractivity contribution < 1.29 is 18.7 Å². The van der Waals surface area contributed by atoms with Crippen LogP contribution in [0.15, 0.2) is 52.4 Å². The van der Waals surface area contributed by atoms with Crippen LogP contribution in [0.1, 0.15) is 15.9 Å². The molecule has 11 heteroatoms. The average molecular weight is 504 g/mol. The van der Waals surface area contributed by atoms with Gasteiger partial charge in [0.15, 0.2) is 11.6 Å². The standard InChI is InChI=1S/C23H23ClFN5O3S/c1-32-19-10-14(2-5-18(19)25)13-33-22-20(12-28-23(29-22)30-8-6-27-7-9-30)34-15-3-4-16(21(26)31)17(24)11-15/h2-5,10-12,27H,6-9,13H2,1H3,(H2,26,31). The summed E-state index contributed by atoms with van der Waals surface area (Å²) in [6, 6.07) is 9.53. The minimum absolute atomic E-state index is 0.143. The zero-order valence-electron chi connectivity index (χ0n) is 18.4. The summed E-state index contributed by atoms with van der Waals surface area (Å²) in [5.74, 6) is 0.0569. The van der Waals surface area contributed by atoms with Crippen LogP contribution in [0.25, 0.3) is 0 Å². The van der Waals surface area contributed by atoms with Crippen LogP contribution in [0.5, 0.6) is 11.6 Å². The van der Waals surface area contributed by atoms with Crippen molar-refractivity contribution in [3.05, 3.63) is 64.6 Å². The van der Waals surface area contributed by atoms with E-state index in [1.807, 2.05) is 0 Å². The molecule has 1 fully saturated rings. The molecule has 1 amide bonds. The third-order valence-corrected chi connectivity index (χ3v) is 6.44. The highest BCUT2D eigenvalue weighted by Crippen LogP contribution is 2.36. The number of carbonyl (C=O) groups is 1. The van der Waals surface area contributed by atoms with E-state index in [1.165, 1.54) is 24.9 Å². The van der Waals surface area contributed by atoms with Crippen molar-refractivity contribution in [3.8, 4) is 11.6 Å². The zero-order valence-corrected chi connectivity index (χ0v) is 20.0. The molecule has 0 aliphatic carbocycles. The van der Waals surface area contributed by atoms with Gasteiger partial charge in [0, 0.05) is 31.1 Å². The number of hydrogen-bond acceptors (Lipinski definition) is 8. The first-order valence-electron chi connectivity index (χ1n) is 10.5. The van der Waals surface area contributed by atoms with Crippen LogP contribution in [0.3, 0.4) is 0 Å². The number of nitrogens with zero attached hydrogens (tertiary/aromatic N) is 3. The van der Waals surface area contributed by atoms with E-state index >= 15 is 0 Å². The minimum Gasteiger partial charge on any atom is -0.494 e. The fraction of sp³-hybridized carbons (Fsp3) is 0.261. The molecule has 4 rings (SSSR count). The SMILES string of the molecule is COc1cc(COc2nc(N3CCNCC3)ncc2Sc2ccc(C(N)=O)c(Cl)c2)ccc1F. The Labute approximate surface area is 205 Å². The van der Waals surface area contributed by atoms with E-state index in [-0.39, 0.29) is 22.9 Å². The van der Waals surface area contributed by atoms with Crippen LogP contribution >= 0.6 is 23.4 Å². The molecule has 2 heterocycles. The number of anilines is 1. The number of amides is 1. The van der Waals surface area contributed by atoms with Gasteiger partial charge in [-0.1, -0.05) is 29.4 Å². The molecule has 1 saturated heterocycles. The molecule has 178 valence electrons. The Hall–Kier alpha value is -3.08. The number of nitrogens with two attached hydrogens (primary N) is 1.